The van der Waals surface area contributed by atoms with Gasteiger partial charge in [0, 0.05) is 5.56 Å². The zero-order chi connectivity index (χ0) is 10.4. The van der Waals surface area contributed by atoms with Crippen LogP contribution in [0.25, 0.3) is 0 Å². The Balaban J connectivity index is 3.03. The van der Waals surface area contributed by atoms with Gasteiger partial charge in [0.25, 0.3) is 0 Å². The Bertz CT molecular complexity index is 394. The third-order valence-corrected chi connectivity index (χ3v) is 1.70. The van der Waals surface area contributed by atoms with Crippen LogP contribution in [0.4, 0.5) is 0 Å². The Morgan fingerprint density at radius 1 is 1.29 bits per heavy atom. The van der Waals surface area contributed by atoms with Gasteiger partial charge in [-0.3, -0.25) is 0 Å². The largest absolute Gasteiger partial charge is 0.172 e. The quantitative estimate of drug-likeness (QED) is 0.294. The summed E-state index contributed by atoms with van der Waals surface area (Å²) < 4.78 is 0. The minimum absolute atomic E-state index is 0.496. The van der Waals surface area contributed by atoms with Crippen molar-refractivity contribution in [2.24, 2.45) is 15.4 Å². The first-order valence-corrected chi connectivity index (χ1v) is 4.18. The van der Waals surface area contributed by atoms with Crippen LogP contribution in [-0.2, 0) is 0 Å². The molecule has 0 saturated heterocycles. The molecular formula is C11H11N3. The molecule has 0 aliphatic rings. The van der Waals surface area contributed by atoms with Crippen LogP contribution in [0, 0.1) is 19.3 Å². The number of hydrogen-bond donors (Lipinski definition) is 0. The highest BCUT2D eigenvalue weighted by molar-refractivity contribution is 6.12. The Kier molecular flexibility index (Phi) is 3.57. The lowest BCUT2D eigenvalue weighted by atomic mass is 10.1. The monoisotopic (exact) mass is 185 g/mol. The van der Waals surface area contributed by atoms with E-state index in [1.165, 1.54) is 5.56 Å². The highest BCUT2D eigenvalue weighted by Gasteiger charge is 1.98. The van der Waals surface area contributed by atoms with Crippen LogP contribution in [0.5, 0.6) is 0 Å². The molecule has 0 spiro atoms. The second-order valence-electron chi connectivity index (χ2n) is 2.75. The van der Waals surface area contributed by atoms with Crippen molar-refractivity contribution in [3.63, 3.8) is 0 Å². The third kappa shape index (κ3) is 2.53. The molecule has 0 radical (unpaired) electrons. The summed E-state index contributed by atoms with van der Waals surface area (Å²) in [4.78, 5) is 0. The molecule has 1 rings (SSSR count). The first kappa shape index (κ1) is 10.1. The summed E-state index contributed by atoms with van der Waals surface area (Å²) in [5.41, 5.74) is 2.56. The van der Waals surface area contributed by atoms with Gasteiger partial charge in [0.1, 0.15) is 5.71 Å². The van der Waals surface area contributed by atoms with E-state index in [1.54, 1.807) is 7.05 Å². The van der Waals surface area contributed by atoms with Crippen molar-refractivity contribution in [2.45, 2.75) is 6.92 Å². The number of hydrogen-bond acceptors (Lipinski definition) is 2. The molecule has 3 nitrogen and oxygen atoms in total. The molecule has 1 aromatic rings. The van der Waals surface area contributed by atoms with E-state index in [1.807, 2.05) is 31.2 Å². The summed E-state index contributed by atoms with van der Waals surface area (Å²) in [5.74, 6) is 2.47. The molecular weight excluding hydrogens is 174 g/mol. The molecule has 0 amide bonds. The van der Waals surface area contributed by atoms with E-state index in [-0.39, 0.29) is 0 Å². The molecule has 70 valence electrons. The molecule has 14 heavy (non-hydrogen) atoms. The SMILES string of the molecule is C#C/C(=N\N=NC)c1ccc(C)cc1. The van der Waals surface area contributed by atoms with Gasteiger partial charge in [0.15, 0.2) is 0 Å². The Morgan fingerprint density at radius 2 is 1.93 bits per heavy atom. The van der Waals surface area contributed by atoms with Crippen molar-refractivity contribution < 1.29 is 0 Å². The van der Waals surface area contributed by atoms with Gasteiger partial charge in [-0.2, -0.15) is 5.11 Å². The zero-order valence-electron chi connectivity index (χ0n) is 8.23. The van der Waals surface area contributed by atoms with E-state index >= 15 is 0 Å². The lowest BCUT2D eigenvalue weighted by Gasteiger charge is -1.97. The van der Waals surface area contributed by atoms with E-state index < -0.39 is 0 Å². The number of nitrogens with zero attached hydrogens (tertiary/aromatic N) is 3. The lowest BCUT2D eigenvalue weighted by molar-refractivity contribution is 1.02. The van der Waals surface area contributed by atoms with Crippen LogP contribution < -0.4 is 0 Å². The Morgan fingerprint density at radius 3 is 2.43 bits per heavy atom. The van der Waals surface area contributed by atoms with Crippen molar-refractivity contribution in [3.8, 4) is 12.3 Å². The van der Waals surface area contributed by atoms with E-state index in [9.17, 15) is 0 Å². The molecule has 0 N–H and O–H groups in total. The first-order valence-electron chi connectivity index (χ1n) is 4.18. The first-order chi connectivity index (χ1) is 6.77. The maximum atomic E-state index is 5.30. The molecule has 0 fully saturated rings. The summed E-state index contributed by atoms with van der Waals surface area (Å²) in [7, 11) is 1.55. The average molecular weight is 185 g/mol. The highest BCUT2D eigenvalue weighted by Crippen LogP contribution is 2.04. The van der Waals surface area contributed by atoms with Crippen LogP contribution in [0.1, 0.15) is 11.1 Å². The fourth-order valence-electron chi connectivity index (χ4n) is 0.971. The molecule has 0 heterocycles. The summed E-state index contributed by atoms with van der Waals surface area (Å²) in [6, 6.07) is 7.79. The lowest BCUT2D eigenvalue weighted by Crippen LogP contribution is -1.95. The number of benzene rings is 1. The summed E-state index contributed by atoms with van der Waals surface area (Å²) in [6.45, 7) is 2.02. The van der Waals surface area contributed by atoms with Crippen LogP contribution in [0.15, 0.2) is 39.7 Å². The number of terminal acetylenes is 1. The summed E-state index contributed by atoms with van der Waals surface area (Å²) in [6.07, 6.45) is 5.30. The average Bonchev–Trinajstić information content (AvgIpc) is 2.21. The Labute approximate surface area is 83.6 Å². The van der Waals surface area contributed by atoms with Crippen LogP contribution >= 0.6 is 0 Å². The molecule has 0 saturated carbocycles. The van der Waals surface area contributed by atoms with Gasteiger partial charge in [0.2, 0.25) is 0 Å². The van der Waals surface area contributed by atoms with Crippen molar-refractivity contribution in [1.82, 2.24) is 0 Å². The summed E-state index contributed by atoms with van der Waals surface area (Å²) >= 11 is 0. The fourth-order valence-corrected chi connectivity index (χ4v) is 0.971. The predicted molar refractivity (Wildman–Crippen MR) is 57.3 cm³/mol. The molecule has 0 bridgehead atoms. The number of aryl methyl sites for hydroxylation is 1. The normalized spacial score (nSPS) is 11.6. The second-order valence-corrected chi connectivity index (χ2v) is 2.75. The molecule has 3 heteroatoms. The molecule has 0 atom stereocenters. The van der Waals surface area contributed by atoms with Crippen molar-refractivity contribution in [1.29, 1.82) is 0 Å². The van der Waals surface area contributed by atoms with Crippen LogP contribution in [0.3, 0.4) is 0 Å². The van der Waals surface area contributed by atoms with Gasteiger partial charge < -0.3 is 0 Å². The van der Waals surface area contributed by atoms with Crippen molar-refractivity contribution in [3.05, 3.63) is 35.4 Å². The maximum Gasteiger partial charge on any atom is 0.144 e. The molecule has 0 aliphatic carbocycles. The zero-order valence-corrected chi connectivity index (χ0v) is 8.23. The predicted octanol–water partition coefficient (Wildman–Crippen LogP) is 2.41. The Hall–Kier alpha value is -1.95. The van der Waals surface area contributed by atoms with Crippen LogP contribution in [-0.4, -0.2) is 12.8 Å². The minimum atomic E-state index is 0.496. The van der Waals surface area contributed by atoms with E-state index in [4.69, 9.17) is 6.42 Å². The highest BCUT2D eigenvalue weighted by atomic mass is 15.4. The number of rotatable bonds is 2. The summed E-state index contributed by atoms with van der Waals surface area (Å²) in [5, 5.41) is 10.8. The van der Waals surface area contributed by atoms with Gasteiger partial charge in [-0.15, -0.1) is 11.5 Å². The molecule has 0 aliphatic heterocycles. The van der Waals surface area contributed by atoms with E-state index in [0.29, 0.717) is 5.71 Å². The standard InChI is InChI=1S/C11H11N3/c1-4-11(13-14-12-3)10-7-5-9(2)6-8-10/h1,5-8H,2-3H3/b13-11+,14-12?. The van der Waals surface area contributed by atoms with E-state index in [2.05, 4.69) is 21.4 Å². The molecule has 0 unspecified atom stereocenters. The van der Waals surface area contributed by atoms with Gasteiger partial charge in [-0.05, 0) is 18.1 Å². The van der Waals surface area contributed by atoms with Crippen molar-refractivity contribution in [2.75, 3.05) is 7.05 Å². The molecule has 1 aromatic carbocycles. The third-order valence-electron chi connectivity index (χ3n) is 1.70. The van der Waals surface area contributed by atoms with Gasteiger partial charge in [-0.25, -0.2) is 0 Å². The minimum Gasteiger partial charge on any atom is -0.172 e. The van der Waals surface area contributed by atoms with Gasteiger partial charge in [0.05, 0.1) is 7.05 Å². The smallest absolute Gasteiger partial charge is 0.144 e. The molecule has 0 aromatic heterocycles. The van der Waals surface area contributed by atoms with Gasteiger partial charge in [-0.1, -0.05) is 29.8 Å². The maximum absolute atomic E-state index is 5.30. The van der Waals surface area contributed by atoms with E-state index in [0.717, 1.165) is 5.56 Å². The van der Waals surface area contributed by atoms with Gasteiger partial charge >= 0.3 is 0 Å². The fraction of sp³-hybridized carbons (Fsp3) is 0.182. The topological polar surface area (TPSA) is 37.1 Å². The second kappa shape index (κ2) is 4.93. The van der Waals surface area contributed by atoms with Crippen molar-refractivity contribution >= 4 is 5.71 Å². The van der Waals surface area contributed by atoms with Crippen LogP contribution in [0.2, 0.25) is 0 Å².